The highest BCUT2D eigenvalue weighted by Crippen LogP contribution is 2.25. The fraction of sp³-hybridized carbons (Fsp3) is 0.320. The van der Waals surface area contributed by atoms with Crippen molar-refractivity contribution in [3.8, 4) is 0 Å². The number of hydrogen-bond donors (Lipinski definition) is 0. The Morgan fingerprint density at radius 1 is 1.06 bits per heavy atom. The summed E-state index contributed by atoms with van der Waals surface area (Å²) in [4.78, 5) is 27.5. The van der Waals surface area contributed by atoms with Crippen LogP contribution in [0.2, 0.25) is 0 Å². The zero-order valence-electron chi connectivity index (χ0n) is 19.2. The quantitative estimate of drug-likeness (QED) is 0.481. The summed E-state index contributed by atoms with van der Waals surface area (Å²) in [5, 5.41) is 4.47. The van der Waals surface area contributed by atoms with E-state index in [4.69, 9.17) is 4.74 Å². The number of hydrogen-bond acceptors (Lipinski definition) is 6. The van der Waals surface area contributed by atoms with Gasteiger partial charge in [-0.05, 0) is 38.0 Å². The van der Waals surface area contributed by atoms with Crippen LogP contribution in [0.5, 0.6) is 0 Å². The molecule has 0 saturated carbocycles. The highest BCUT2D eigenvalue weighted by Gasteiger charge is 2.36. The maximum Gasteiger partial charge on any atom is 0.342 e. The molecule has 1 atom stereocenters. The summed E-state index contributed by atoms with van der Waals surface area (Å²) in [7, 11) is -3.20. The van der Waals surface area contributed by atoms with Gasteiger partial charge in [0.1, 0.15) is 5.56 Å². The standard InChI is InChI=1S/C25H27N3O5S/c1-18-24(19(2)27(26-18)15-20-9-5-3-6-10-20)25(30)33-16-23(29)28(21-11-7-4-8-12-21)22-13-14-34(31,32)17-22/h3-12,22H,13-17H2,1-2H3. The van der Waals surface area contributed by atoms with E-state index in [9.17, 15) is 18.0 Å². The predicted octanol–water partition coefficient (Wildman–Crippen LogP) is 2.93. The van der Waals surface area contributed by atoms with Crippen LogP contribution in [0.25, 0.3) is 0 Å². The van der Waals surface area contributed by atoms with Gasteiger partial charge in [0.25, 0.3) is 5.91 Å². The number of para-hydroxylation sites is 1. The molecule has 3 aromatic rings. The third-order valence-electron chi connectivity index (χ3n) is 5.96. The number of nitrogens with zero attached hydrogens (tertiary/aromatic N) is 3. The minimum Gasteiger partial charge on any atom is -0.452 e. The average Bonchev–Trinajstić information content (AvgIpc) is 3.31. The van der Waals surface area contributed by atoms with E-state index < -0.39 is 34.4 Å². The fourth-order valence-electron chi connectivity index (χ4n) is 4.30. The zero-order valence-corrected chi connectivity index (χ0v) is 20.0. The second-order valence-electron chi connectivity index (χ2n) is 8.42. The van der Waals surface area contributed by atoms with E-state index in [-0.39, 0.29) is 11.5 Å². The lowest BCUT2D eigenvalue weighted by atomic mass is 10.1. The Morgan fingerprint density at radius 3 is 2.32 bits per heavy atom. The fourth-order valence-corrected chi connectivity index (χ4v) is 6.00. The molecule has 1 aliphatic heterocycles. The van der Waals surface area contributed by atoms with Gasteiger partial charge in [0, 0.05) is 5.69 Å². The van der Waals surface area contributed by atoms with E-state index in [1.165, 1.54) is 4.90 Å². The minimum atomic E-state index is -3.20. The molecule has 0 spiro atoms. The molecule has 1 aliphatic rings. The molecule has 1 saturated heterocycles. The van der Waals surface area contributed by atoms with Crippen molar-refractivity contribution in [1.29, 1.82) is 0 Å². The second-order valence-corrected chi connectivity index (χ2v) is 10.7. The first kappa shape index (κ1) is 23.7. The molecular formula is C25H27N3O5S. The first-order chi connectivity index (χ1) is 16.2. The summed E-state index contributed by atoms with van der Waals surface area (Å²) >= 11 is 0. The predicted molar refractivity (Wildman–Crippen MR) is 129 cm³/mol. The van der Waals surface area contributed by atoms with E-state index in [1.54, 1.807) is 42.8 Å². The van der Waals surface area contributed by atoms with Crippen molar-refractivity contribution < 1.29 is 22.7 Å². The Bertz CT molecular complexity index is 1290. The zero-order chi connectivity index (χ0) is 24.3. The van der Waals surface area contributed by atoms with Crippen molar-refractivity contribution in [3.63, 3.8) is 0 Å². The Morgan fingerprint density at radius 2 is 1.71 bits per heavy atom. The number of esters is 1. The maximum atomic E-state index is 13.1. The summed E-state index contributed by atoms with van der Waals surface area (Å²) in [6.45, 7) is 3.54. The van der Waals surface area contributed by atoms with Crippen LogP contribution in [0.15, 0.2) is 60.7 Å². The molecule has 1 amide bonds. The summed E-state index contributed by atoms with van der Waals surface area (Å²) in [6.07, 6.45) is 0.349. The van der Waals surface area contributed by atoms with Crippen LogP contribution in [0, 0.1) is 13.8 Å². The molecule has 0 radical (unpaired) electrons. The Labute approximate surface area is 199 Å². The number of carbonyl (C=O) groups is 2. The number of carbonyl (C=O) groups excluding carboxylic acids is 2. The number of aryl methyl sites for hydroxylation is 1. The molecule has 0 bridgehead atoms. The van der Waals surface area contributed by atoms with Crippen LogP contribution in [-0.4, -0.2) is 54.2 Å². The Balaban J connectivity index is 1.48. The molecule has 0 N–H and O–H groups in total. The largest absolute Gasteiger partial charge is 0.452 e. The molecule has 1 aromatic heterocycles. The molecule has 34 heavy (non-hydrogen) atoms. The van der Waals surface area contributed by atoms with Gasteiger partial charge in [0.2, 0.25) is 0 Å². The van der Waals surface area contributed by atoms with Gasteiger partial charge in [-0.25, -0.2) is 13.2 Å². The lowest BCUT2D eigenvalue weighted by Crippen LogP contribution is -2.43. The van der Waals surface area contributed by atoms with Gasteiger partial charge in [-0.2, -0.15) is 5.10 Å². The third kappa shape index (κ3) is 5.20. The molecule has 4 rings (SSSR count). The molecule has 8 nitrogen and oxygen atoms in total. The molecule has 2 aromatic carbocycles. The molecule has 1 fully saturated rings. The number of ether oxygens (including phenoxy) is 1. The number of anilines is 1. The lowest BCUT2D eigenvalue weighted by molar-refractivity contribution is -0.122. The summed E-state index contributed by atoms with van der Waals surface area (Å²) < 4.78 is 31.2. The smallest absolute Gasteiger partial charge is 0.342 e. The summed E-state index contributed by atoms with van der Waals surface area (Å²) in [6, 6.07) is 18.1. The van der Waals surface area contributed by atoms with E-state index in [1.807, 2.05) is 36.4 Å². The van der Waals surface area contributed by atoms with E-state index in [2.05, 4.69) is 5.10 Å². The average molecular weight is 482 g/mol. The van der Waals surface area contributed by atoms with Crippen molar-refractivity contribution in [2.75, 3.05) is 23.0 Å². The normalized spacial score (nSPS) is 16.8. The van der Waals surface area contributed by atoms with Crippen molar-refractivity contribution in [2.24, 2.45) is 0 Å². The SMILES string of the molecule is Cc1nn(Cc2ccccc2)c(C)c1C(=O)OCC(=O)N(c1ccccc1)C1CCS(=O)(=O)C1. The molecule has 0 aliphatic carbocycles. The monoisotopic (exact) mass is 481 g/mol. The van der Waals surface area contributed by atoms with Crippen LogP contribution in [0.4, 0.5) is 5.69 Å². The first-order valence-electron chi connectivity index (χ1n) is 11.1. The van der Waals surface area contributed by atoms with Crippen LogP contribution in [0.3, 0.4) is 0 Å². The maximum absolute atomic E-state index is 13.1. The summed E-state index contributed by atoms with van der Waals surface area (Å²) in [5.41, 5.74) is 3.13. The van der Waals surface area contributed by atoms with E-state index in [0.29, 0.717) is 35.6 Å². The minimum absolute atomic E-state index is 0.0348. The summed E-state index contributed by atoms with van der Waals surface area (Å²) in [5.74, 6) is -1.16. The van der Waals surface area contributed by atoms with Gasteiger partial charge in [-0.3, -0.25) is 9.48 Å². The van der Waals surface area contributed by atoms with Crippen molar-refractivity contribution in [3.05, 3.63) is 83.2 Å². The van der Waals surface area contributed by atoms with E-state index >= 15 is 0 Å². The molecule has 178 valence electrons. The van der Waals surface area contributed by atoms with Gasteiger partial charge in [0.05, 0.1) is 35.5 Å². The number of sulfone groups is 1. The highest BCUT2D eigenvalue weighted by molar-refractivity contribution is 7.91. The van der Waals surface area contributed by atoms with Crippen molar-refractivity contribution >= 4 is 27.4 Å². The first-order valence-corrected chi connectivity index (χ1v) is 12.9. The van der Waals surface area contributed by atoms with Gasteiger partial charge in [-0.1, -0.05) is 48.5 Å². The lowest BCUT2D eigenvalue weighted by Gasteiger charge is -2.28. The number of aromatic nitrogens is 2. The van der Waals surface area contributed by atoms with Crippen LogP contribution >= 0.6 is 0 Å². The highest BCUT2D eigenvalue weighted by atomic mass is 32.2. The van der Waals surface area contributed by atoms with E-state index in [0.717, 1.165) is 5.56 Å². The molecule has 1 unspecified atom stereocenters. The van der Waals surface area contributed by atoms with Gasteiger partial charge < -0.3 is 9.64 Å². The van der Waals surface area contributed by atoms with Crippen LogP contribution in [-0.2, 0) is 25.9 Å². The molecular weight excluding hydrogens is 454 g/mol. The molecule has 2 heterocycles. The number of benzene rings is 2. The van der Waals surface area contributed by atoms with Gasteiger partial charge >= 0.3 is 5.97 Å². The Hall–Kier alpha value is -3.46. The number of rotatable bonds is 7. The third-order valence-corrected chi connectivity index (χ3v) is 7.71. The van der Waals surface area contributed by atoms with Crippen LogP contribution in [0.1, 0.15) is 33.7 Å². The number of amides is 1. The molecule has 9 heteroatoms. The second kappa shape index (κ2) is 9.80. The topological polar surface area (TPSA) is 98.6 Å². The van der Waals surface area contributed by atoms with Crippen LogP contribution < -0.4 is 4.90 Å². The van der Waals surface area contributed by atoms with Gasteiger partial charge in [-0.15, -0.1) is 0 Å². The van der Waals surface area contributed by atoms with Crippen molar-refractivity contribution in [1.82, 2.24) is 9.78 Å². The van der Waals surface area contributed by atoms with Gasteiger partial charge in [0.15, 0.2) is 16.4 Å². The Kier molecular flexibility index (Phi) is 6.83. The van der Waals surface area contributed by atoms with Crippen molar-refractivity contribution in [2.45, 2.75) is 32.9 Å².